The van der Waals surface area contributed by atoms with E-state index in [9.17, 15) is 4.79 Å². The van der Waals surface area contributed by atoms with Gasteiger partial charge in [0.25, 0.3) is 5.91 Å². The molecule has 0 unspecified atom stereocenters. The molecule has 3 aromatic rings. The van der Waals surface area contributed by atoms with Gasteiger partial charge in [0.05, 0.1) is 11.3 Å². The SMILES string of the molecule is CCCn1nc(C)cc1NC(=O)c1noc(C)c1COc1cccc(C)c1C. The molecule has 0 atom stereocenters. The largest absolute Gasteiger partial charge is 0.488 e. The van der Waals surface area contributed by atoms with Gasteiger partial charge in [-0.2, -0.15) is 5.10 Å². The Morgan fingerprint density at radius 2 is 2.04 bits per heavy atom. The summed E-state index contributed by atoms with van der Waals surface area (Å²) >= 11 is 0. The molecule has 0 bridgehead atoms. The first kappa shape index (κ1) is 19.7. The Kier molecular flexibility index (Phi) is 5.82. The second-order valence-corrected chi connectivity index (χ2v) is 6.90. The highest BCUT2D eigenvalue weighted by atomic mass is 16.5. The van der Waals surface area contributed by atoms with E-state index < -0.39 is 0 Å². The van der Waals surface area contributed by atoms with Crippen molar-refractivity contribution in [3.63, 3.8) is 0 Å². The molecule has 3 rings (SSSR count). The van der Waals surface area contributed by atoms with E-state index in [4.69, 9.17) is 9.26 Å². The Labute approximate surface area is 164 Å². The van der Waals surface area contributed by atoms with Gasteiger partial charge in [0.15, 0.2) is 5.69 Å². The molecule has 28 heavy (non-hydrogen) atoms. The maximum atomic E-state index is 12.8. The number of aryl methyl sites for hydroxylation is 4. The highest BCUT2D eigenvalue weighted by molar-refractivity contribution is 6.03. The molecule has 0 aliphatic heterocycles. The normalized spacial score (nSPS) is 10.9. The fourth-order valence-electron chi connectivity index (χ4n) is 2.97. The molecule has 7 nitrogen and oxygen atoms in total. The Bertz CT molecular complexity index is 988. The van der Waals surface area contributed by atoms with Crippen molar-refractivity contribution < 1.29 is 14.1 Å². The Hall–Kier alpha value is -3.09. The summed E-state index contributed by atoms with van der Waals surface area (Å²) in [4.78, 5) is 12.8. The lowest BCUT2D eigenvalue weighted by Gasteiger charge is -2.11. The minimum atomic E-state index is -0.339. The number of aromatic nitrogens is 3. The molecule has 0 spiro atoms. The van der Waals surface area contributed by atoms with Gasteiger partial charge in [0, 0.05) is 12.6 Å². The number of hydrogen-bond donors (Lipinski definition) is 1. The van der Waals surface area contributed by atoms with Gasteiger partial charge in [-0.15, -0.1) is 0 Å². The van der Waals surface area contributed by atoms with E-state index in [-0.39, 0.29) is 18.2 Å². The fraction of sp³-hybridized carbons (Fsp3) is 0.381. The first-order valence-electron chi connectivity index (χ1n) is 9.40. The van der Waals surface area contributed by atoms with Gasteiger partial charge < -0.3 is 14.6 Å². The molecule has 2 heterocycles. The number of nitrogens with one attached hydrogen (secondary N) is 1. The van der Waals surface area contributed by atoms with Gasteiger partial charge in [0.2, 0.25) is 0 Å². The summed E-state index contributed by atoms with van der Waals surface area (Å²) in [5.41, 5.74) is 3.93. The minimum absolute atomic E-state index is 0.204. The van der Waals surface area contributed by atoms with Crippen molar-refractivity contribution in [2.24, 2.45) is 0 Å². The van der Waals surface area contributed by atoms with E-state index in [0.717, 1.165) is 35.5 Å². The van der Waals surface area contributed by atoms with Crippen molar-refractivity contribution in [1.82, 2.24) is 14.9 Å². The smallest absolute Gasteiger partial charge is 0.279 e. The lowest BCUT2D eigenvalue weighted by molar-refractivity contribution is 0.101. The third-order valence-corrected chi connectivity index (χ3v) is 4.71. The van der Waals surface area contributed by atoms with E-state index in [0.29, 0.717) is 17.1 Å². The van der Waals surface area contributed by atoms with E-state index >= 15 is 0 Å². The molecule has 0 saturated carbocycles. The number of carbonyl (C=O) groups excluding carboxylic acids is 1. The lowest BCUT2D eigenvalue weighted by atomic mass is 10.1. The highest BCUT2D eigenvalue weighted by Gasteiger charge is 2.22. The molecule has 0 fully saturated rings. The zero-order valence-corrected chi connectivity index (χ0v) is 17.0. The zero-order valence-electron chi connectivity index (χ0n) is 17.0. The third-order valence-electron chi connectivity index (χ3n) is 4.71. The molecular weight excluding hydrogens is 356 g/mol. The van der Waals surface area contributed by atoms with E-state index in [1.54, 1.807) is 11.6 Å². The van der Waals surface area contributed by atoms with Crippen molar-refractivity contribution >= 4 is 11.7 Å². The maximum Gasteiger partial charge on any atom is 0.279 e. The average molecular weight is 382 g/mol. The summed E-state index contributed by atoms with van der Waals surface area (Å²) in [6.45, 7) is 10.7. The Morgan fingerprint density at radius 3 is 2.79 bits per heavy atom. The summed E-state index contributed by atoms with van der Waals surface area (Å²) in [7, 11) is 0. The van der Waals surface area contributed by atoms with Crippen LogP contribution >= 0.6 is 0 Å². The molecule has 0 aliphatic carbocycles. The van der Waals surface area contributed by atoms with Crippen molar-refractivity contribution in [3.8, 4) is 5.75 Å². The summed E-state index contributed by atoms with van der Waals surface area (Å²) in [6.07, 6.45) is 0.919. The standard InChI is InChI=1S/C21H26N4O3/c1-6-10-25-19(11-14(3)23-25)22-21(26)20-17(16(5)28-24-20)12-27-18-9-7-8-13(2)15(18)4/h7-9,11H,6,10,12H2,1-5H3,(H,22,26). The van der Waals surface area contributed by atoms with Crippen LogP contribution in [-0.4, -0.2) is 20.8 Å². The van der Waals surface area contributed by atoms with Gasteiger partial charge >= 0.3 is 0 Å². The molecule has 148 valence electrons. The first-order valence-corrected chi connectivity index (χ1v) is 9.40. The number of nitrogens with zero attached hydrogens (tertiary/aromatic N) is 3. The van der Waals surface area contributed by atoms with Crippen LogP contribution in [0.3, 0.4) is 0 Å². The zero-order chi connectivity index (χ0) is 20.3. The second kappa shape index (κ2) is 8.29. The average Bonchev–Trinajstić information content (AvgIpc) is 3.19. The van der Waals surface area contributed by atoms with Crippen LogP contribution in [0.2, 0.25) is 0 Å². The van der Waals surface area contributed by atoms with Crippen LogP contribution in [0.25, 0.3) is 0 Å². The van der Waals surface area contributed by atoms with Crippen LogP contribution in [-0.2, 0) is 13.2 Å². The molecule has 0 radical (unpaired) electrons. The van der Waals surface area contributed by atoms with Crippen LogP contribution in [0.5, 0.6) is 5.75 Å². The van der Waals surface area contributed by atoms with Gasteiger partial charge in [-0.25, -0.2) is 4.68 Å². The molecule has 1 aromatic carbocycles. The van der Waals surface area contributed by atoms with Gasteiger partial charge in [-0.1, -0.05) is 24.2 Å². The summed E-state index contributed by atoms with van der Waals surface area (Å²) < 4.78 is 13.0. The molecule has 2 aromatic heterocycles. The van der Waals surface area contributed by atoms with Crippen molar-refractivity contribution in [2.75, 3.05) is 5.32 Å². The summed E-state index contributed by atoms with van der Waals surface area (Å²) in [5.74, 6) is 1.65. The number of ether oxygens (including phenoxy) is 1. The lowest BCUT2D eigenvalue weighted by Crippen LogP contribution is -2.18. The highest BCUT2D eigenvalue weighted by Crippen LogP contribution is 2.24. The van der Waals surface area contributed by atoms with Gasteiger partial charge in [0.1, 0.15) is 23.9 Å². The molecule has 0 aliphatic rings. The number of rotatable bonds is 7. The van der Waals surface area contributed by atoms with Crippen LogP contribution < -0.4 is 10.1 Å². The van der Waals surface area contributed by atoms with Gasteiger partial charge in [-0.3, -0.25) is 4.79 Å². The fourth-order valence-corrected chi connectivity index (χ4v) is 2.97. The minimum Gasteiger partial charge on any atom is -0.488 e. The number of amides is 1. The predicted octanol–water partition coefficient (Wildman–Crippen LogP) is 4.35. The van der Waals surface area contributed by atoms with Crippen molar-refractivity contribution in [1.29, 1.82) is 0 Å². The quantitative estimate of drug-likeness (QED) is 0.657. The summed E-state index contributed by atoms with van der Waals surface area (Å²) in [5, 5.41) is 11.2. The van der Waals surface area contributed by atoms with Crippen LogP contribution in [0.1, 0.15) is 52.0 Å². The topological polar surface area (TPSA) is 82.2 Å². The van der Waals surface area contributed by atoms with Crippen LogP contribution in [0.4, 0.5) is 5.82 Å². The van der Waals surface area contributed by atoms with Crippen molar-refractivity contribution in [3.05, 3.63) is 58.1 Å². The molecule has 0 saturated heterocycles. The molecule has 1 N–H and O–H groups in total. The molecule has 7 heteroatoms. The van der Waals surface area contributed by atoms with Gasteiger partial charge in [-0.05, 0) is 51.3 Å². The first-order chi connectivity index (χ1) is 13.4. The molecular formula is C21H26N4O3. The van der Waals surface area contributed by atoms with E-state index in [2.05, 4.69) is 22.5 Å². The van der Waals surface area contributed by atoms with Crippen LogP contribution in [0, 0.1) is 27.7 Å². The number of hydrogen-bond acceptors (Lipinski definition) is 5. The Morgan fingerprint density at radius 1 is 1.25 bits per heavy atom. The third kappa shape index (κ3) is 4.08. The van der Waals surface area contributed by atoms with Crippen LogP contribution in [0.15, 0.2) is 28.8 Å². The summed E-state index contributed by atoms with van der Waals surface area (Å²) in [6, 6.07) is 7.74. The Balaban J connectivity index is 1.78. The number of anilines is 1. The van der Waals surface area contributed by atoms with Crippen molar-refractivity contribution in [2.45, 2.75) is 54.2 Å². The number of carbonyl (C=O) groups is 1. The van der Waals surface area contributed by atoms with E-state index in [1.807, 2.05) is 45.0 Å². The predicted molar refractivity (Wildman–Crippen MR) is 107 cm³/mol. The van der Waals surface area contributed by atoms with E-state index in [1.165, 1.54) is 0 Å². The number of benzene rings is 1. The maximum absolute atomic E-state index is 12.8. The molecule has 1 amide bonds. The second-order valence-electron chi connectivity index (χ2n) is 6.90. The monoisotopic (exact) mass is 382 g/mol.